The summed E-state index contributed by atoms with van der Waals surface area (Å²) >= 11 is 5.96. The van der Waals surface area contributed by atoms with Crippen LogP contribution in [0, 0.1) is 0 Å². The molecule has 94 valence electrons. The third kappa shape index (κ3) is 4.53. The predicted molar refractivity (Wildman–Crippen MR) is 69.8 cm³/mol. The number of benzene rings is 1. The molecule has 17 heavy (non-hydrogen) atoms. The lowest BCUT2D eigenvalue weighted by Gasteiger charge is -2.09. The fraction of sp³-hybridized carbons (Fsp3) is 0.417. The summed E-state index contributed by atoms with van der Waals surface area (Å²) in [6, 6.07) is 5.31. The van der Waals surface area contributed by atoms with E-state index in [0.29, 0.717) is 17.3 Å². The van der Waals surface area contributed by atoms with Crippen molar-refractivity contribution >= 4 is 23.2 Å². The Morgan fingerprint density at radius 3 is 2.82 bits per heavy atom. The second-order valence-corrected chi connectivity index (χ2v) is 3.96. The maximum absolute atomic E-state index is 11.4. The van der Waals surface area contributed by atoms with Gasteiger partial charge in [-0.2, -0.15) is 0 Å². The number of carbonyl (C=O) groups excluding carboxylic acids is 1. The Hall–Kier alpha value is -1.42. The van der Waals surface area contributed by atoms with Crippen molar-refractivity contribution in [2.75, 3.05) is 25.5 Å². The Bertz CT molecular complexity index is 383. The normalized spacial score (nSPS) is 9.82. The van der Waals surface area contributed by atoms with E-state index in [1.807, 2.05) is 13.0 Å². The highest BCUT2D eigenvalue weighted by Gasteiger charge is 2.03. The topological polar surface area (TPSA) is 50.4 Å². The van der Waals surface area contributed by atoms with Crippen LogP contribution in [0.1, 0.15) is 13.3 Å². The molecule has 1 aromatic rings. The molecule has 0 heterocycles. The lowest BCUT2D eigenvalue weighted by atomic mass is 10.3. The van der Waals surface area contributed by atoms with Crippen LogP contribution >= 0.6 is 11.6 Å². The van der Waals surface area contributed by atoms with Crippen LogP contribution in [0.5, 0.6) is 5.75 Å². The van der Waals surface area contributed by atoms with Gasteiger partial charge in [-0.25, -0.2) is 0 Å². The molecule has 0 fully saturated rings. The van der Waals surface area contributed by atoms with Crippen molar-refractivity contribution in [1.29, 1.82) is 0 Å². The van der Waals surface area contributed by atoms with Gasteiger partial charge in [-0.1, -0.05) is 18.5 Å². The molecule has 1 amide bonds. The molecule has 0 unspecified atom stereocenters. The summed E-state index contributed by atoms with van der Waals surface area (Å²) in [5.41, 5.74) is 0.794. The van der Waals surface area contributed by atoms with Gasteiger partial charge < -0.3 is 15.4 Å². The van der Waals surface area contributed by atoms with Crippen molar-refractivity contribution in [3.8, 4) is 5.75 Å². The minimum Gasteiger partial charge on any atom is -0.495 e. The van der Waals surface area contributed by atoms with Gasteiger partial charge in [0.15, 0.2) is 0 Å². The summed E-state index contributed by atoms with van der Waals surface area (Å²) in [7, 11) is 1.56. The summed E-state index contributed by atoms with van der Waals surface area (Å²) in [4.78, 5) is 11.4. The first kappa shape index (κ1) is 13.6. The number of amides is 1. The maximum Gasteiger partial charge on any atom is 0.239 e. The van der Waals surface area contributed by atoms with E-state index in [9.17, 15) is 4.79 Å². The van der Waals surface area contributed by atoms with E-state index in [1.165, 1.54) is 0 Å². The van der Waals surface area contributed by atoms with E-state index >= 15 is 0 Å². The molecule has 4 nitrogen and oxygen atoms in total. The largest absolute Gasteiger partial charge is 0.495 e. The van der Waals surface area contributed by atoms with Gasteiger partial charge in [-0.15, -0.1) is 0 Å². The van der Waals surface area contributed by atoms with E-state index in [1.54, 1.807) is 19.2 Å². The molecular formula is C12H17ClN2O2. The second-order valence-electron chi connectivity index (χ2n) is 3.55. The Balaban J connectivity index is 2.47. The van der Waals surface area contributed by atoms with Gasteiger partial charge in [0.25, 0.3) is 0 Å². The Morgan fingerprint density at radius 2 is 2.24 bits per heavy atom. The van der Waals surface area contributed by atoms with Crippen molar-refractivity contribution in [1.82, 2.24) is 5.32 Å². The molecule has 5 heteroatoms. The summed E-state index contributed by atoms with van der Waals surface area (Å²) in [6.45, 7) is 2.95. The van der Waals surface area contributed by atoms with Crippen LogP contribution in [-0.2, 0) is 4.79 Å². The van der Waals surface area contributed by atoms with E-state index < -0.39 is 0 Å². The first-order chi connectivity index (χ1) is 8.17. The molecule has 0 aliphatic carbocycles. The van der Waals surface area contributed by atoms with Crippen molar-refractivity contribution in [3.05, 3.63) is 23.2 Å². The molecule has 0 saturated heterocycles. The quantitative estimate of drug-likeness (QED) is 0.821. The average Bonchev–Trinajstić information content (AvgIpc) is 2.34. The Kier molecular flexibility index (Phi) is 5.63. The number of nitrogens with one attached hydrogen (secondary N) is 2. The number of rotatable bonds is 6. The molecule has 0 saturated carbocycles. The minimum atomic E-state index is -0.0289. The van der Waals surface area contributed by atoms with Gasteiger partial charge in [0.1, 0.15) is 5.75 Å². The number of hydrogen-bond acceptors (Lipinski definition) is 3. The smallest absolute Gasteiger partial charge is 0.239 e. The molecule has 0 atom stereocenters. The van der Waals surface area contributed by atoms with Crippen molar-refractivity contribution < 1.29 is 9.53 Å². The fourth-order valence-electron chi connectivity index (χ4n) is 1.29. The van der Waals surface area contributed by atoms with E-state index in [2.05, 4.69) is 10.6 Å². The molecule has 0 bridgehead atoms. The molecule has 2 N–H and O–H groups in total. The van der Waals surface area contributed by atoms with Crippen LogP contribution in [0.25, 0.3) is 0 Å². The van der Waals surface area contributed by atoms with E-state index in [4.69, 9.17) is 16.3 Å². The summed E-state index contributed by atoms with van der Waals surface area (Å²) in [5.74, 6) is 0.589. The van der Waals surface area contributed by atoms with Crippen LogP contribution in [0.3, 0.4) is 0 Å². The number of hydrogen-bond donors (Lipinski definition) is 2. The average molecular weight is 257 g/mol. The van der Waals surface area contributed by atoms with Crippen molar-refractivity contribution in [3.63, 3.8) is 0 Å². The summed E-state index contributed by atoms with van der Waals surface area (Å²) in [6.07, 6.45) is 0.931. The zero-order chi connectivity index (χ0) is 12.7. The summed E-state index contributed by atoms with van der Waals surface area (Å²) in [5, 5.41) is 6.29. The monoisotopic (exact) mass is 256 g/mol. The van der Waals surface area contributed by atoms with Gasteiger partial charge in [0.2, 0.25) is 5.91 Å². The molecule has 1 rings (SSSR count). The van der Waals surface area contributed by atoms with Gasteiger partial charge >= 0.3 is 0 Å². The number of carbonyl (C=O) groups is 1. The Labute approximate surface area is 106 Å². The number of anilines is 1. The zero-order valence-corrected chi connectivity index (χ0v) is 10.8. The van der Waals surface area contributed by atoms with Crippen molar-refractivity contribution in [2.24, 2.45) is 0 Å². The van der Waals surface area contributed by atoms with E-state index in [-0.39, 0.29) is 12.5 Å². The third-order valence-corrected chi connectivity index (χ3v) is 2.47. The predicted octanol–water partition coefficient (Wildman–Crippen LogP) is 2.29. The van der Waals surface area contributed by atoms with Crippen LogP contribution < -0.4 is 15.4 Å². The fourth-order valence-corrected chi connectivity index (χ4v) is 1.54. The summed E-state index contributed by atoms with van der Waals surface area (Å²) < 4.78 is 5.04. The molecule has 0 aliphatic heterocycles. The van der Waals surface area contributed by atoms with Crippen LogP contribution in [0.2, 0.25) is 5.02 Å². The number of ether oxygens (including phenoxy) is 1. The zero-order valence-electron chi connectivity index (χ0n) is 10.0. The molecule has 0 spiro atoms. The van der Waals surface area contributed by atoms with Crippen molar-refractivity contribution in [2.45, 2.75) is 13.3 Å². The third-order valence-electron chi connectivity index (χ3n) is 2.18. The minimum absolute atomic E-state index is 0.0289. The van der Waals surface area contributed by atoms with Crippen LogP contribution in [-0.4, -0.2) is 26.1 Å². The first-order valence-corrected chi connectivity index (χ1v) is 5.89. The number of halogens is 1. The van der Waals surface area contributed by atoms with Gasteiger partial charge in [0, 0.05) is 12.2 Å². The molecule has 0 radical (unpaired) electrons. The molecule has 0 aromatic heterocycles. The molecule has 0 aliphatic rings. The highest BCUT2D eigenvalue weighted by Crippen LogP contribution is 2.26. The van der Waals surface area contributed by atoms with Crippen LogP contribution in [0.15, 0.2) is 18.2 Å². The van der Waals surface area contributed by atoms with Gasteiger partial charge in [-0.3, -0.25) is 4.79 Å². The van der Waals surface area contributed by atoms with Crippen LogP contribution in [0.4, 0.5) is 5.69 Å². The molecular weight excluding hydrogens is 240 g/mol. The maximum atomic E-state index is 11.4. The second kappa shape index (κ2) is 7.01. The lowest BCUT2D eigenvalue weighted by Crippen LogP contribution is -2.30. The van der Waals surface area contributed by atoms with Gasteiger partial charge in [-0.05, 0) is 24.6 Å². The Morgan fingerprint density at radius 1 is 1.47 bits per heavy atom. The number of methoxy groups -OCH3 is 1. The van der Waals surface area contributed by atoms with E-state index in [0.717, 1.165) is 12.1 Å². The van der Waals surface area contributed by atoms with Gasteiger partial charge in [0.05, 0.1) is 18.7 Å². The highest BCUT2D eigenvalue weighted by molar-refractivity contribution is 6.32. The standard InChI is InChI=1S/C12H17ClN2O2/c1-3-6-14-12(16)8-15-9-4-5-11(17-2)10(13)7-9/h4-5,7,15H,3,6,8H2,1-2H3,(H,14,16). The highest BCUT2D eigenvalue weighted by atomic mass is 35.5. The first-order valence-electron chi connectivity index (χ1n) is 5.51. The SMILES string of the molecule is CCCNC(=O)CNc1ccc(OC)c(Cl)c1. The molecule has 1 aromatic carbocycles. The lowest BCUT2D eigenvalue weighted by molar-refractivity contribution is -0.119.